The fourth-order valence-corrected chi connectivity index (χ4v) is 4.01. The third kappa shape index (κ3) is 7.31. The van der Waals surface area contributed by atoms with E-state index in [9.17, 15) is 9.59 Å². The van der Waals surface area contributed by atoms with Crippen molar-refractivity contribution >= 4 is 11.8 Å². The Morgan fingerprint density at radius 2 is 1.44 bits per heavy atom. The predicted octanol–water partition coefficient (Wildman–Crippen LogP) is 5.48. The molecule has 0 aromatic heterocycles. The molecule has 34 heavy (non-hydrogen) atoms. The largest absolute Gasteiger partial charge is 0.352 e. The van der Waals surface area contributed by atoms with Crippen LogP contribution in [-0.4, -0.2) is 28.8 Å². The zero-order valence-corrected chi connectivity index (χ0v) is 20.5. The lowest BCUT2D eigenvalue weighted by Crippen LogP contribution is -2.52. The molecule has 0 spiro atoms. The van der Waals surface area contributed by atoms with E-state index in [4.69, 9.17) is 0 Å². The second-order valence-corrected chi connectivity index (χ2v) is 8.96. The number of benzene rings is 3. The first-order valence-corrected chi connectivity index (χ1v) is 12.2. The number of hydrogen-bond donors (Lipinski definition) is 1. The Labute approximate surface area is 204 Å². The minimum Gasteiger partial charge on any atom is -0.352 e. The lowest BCUT2D eigenvalue weighted by molar-refractivity contribution is -0.141. The Morgan fingerprint density at radius 3 is 2.06 bits per heavy atom. The van der Waals surface area contributed by atoms with Crippen LogP contribution in [0.1, 0.15) is 48.9 Å². The van der Waals surface area contributed by atoms with E-state index in [2.05, 4.69) is 5.32 Å². The Kier molecular flexibility index (Phi) is 9.45. The van der Waals surface area contributed by atoms with Crippen molar-refractivity contribution in [2.75, 3.05) is 0 Å². The molecule has 0 saturated heterocycles. The van der Waals surface area contributed by atoms with Gasteiger partial charge in [-0.1, -0.05) is 91.9 Å². The van der Waals surface area contributed by atoms with Crippen molar-refractivity contribution in [2.24, 2.45) is 0 Å². The maximum absolute atomic E-state index is 13.7. The van der Waals surface area contributed by atoms with Gasteiger partial charge in [-0.2, -0.15) is 0 Å². The molecule has 2 amide bonds. The Bertz CT molecular complexity index is 1050. The second kappa shape index (κ2) is 12.7. The molecule has 0 aliphatic carbocycles. The van der Waals surface area contributed by atoms with E-state index in [1.807, 2.05) is 106 Å². The molecule has 0 aliphatic heterocycles. The zero-order chi connectivity index (χ0) is 24.3. The molecule has 2 atom stereocenters. The number of aryl methyl sites for hydroxylation is 2. The summed E-state index contributed by atoms with van der Waals surface area (Å²) in [5.41, 5.74) is 4.34. The number of nitrogens with zero attached hydrogens (tertiary/aromatic N) is 1. The van der Waals surface area contributed by atoms with Crippen LogP contribution in [0.5, 0.6) is 0 Å². The molecule has 0 saturated carbocycles. The number of rotatable bonds is 11. The van der Waals surface area contributed by atoms with Gasteiger partial charge in [0.25, 0.3) is 0 Å². The van der Waals surface area contributed by atoms with Crippen LogP contribution >= 0.6 is 0 Å². The SMILES string of the molecule is CC[C@@H](C)NC(=O)[C@@H](Cc1ccccc1)N(Cc1ccccc1C)C(=O)CCc1ccccc1. The van der Waals surface area contributed by atoms with E-state index in [0.717, 1.165) is 28.7 Å². The molecule has 1 N–H and O–H groups in total. The molecule has 0 aliphatic rings. The van der Waals surface area contributed by atoms with Gasteiger partial charge in [0.1, 0.15) is 6.04 Å². The maximum Gasteiger partial charge on any atom is 0.243 e. The van der Waals surface area contributed by atoms with Crippen molar-refractivity contribution in [2.45, 2.75) is 65.1 Å². The Morgan fingerprint density at radius 1 is 0.853 bits per heavy atom. The molecule has 3 rings (SSSR count). The molecular formula is C30H36N2O2. The number of nitrogens with one attached hydrogen (secondary N) is 1. The lowest BCUT2D eigenvalue weighted by Gasteiger charge is -2.33. The second-order valence-electron chi connectivity index (χ2n) is 8.96. The topological polar surface area (TPSA) is 49.4 Å². The van der Waals surface area contributed by atoms with E-state index in [1.54, 1.807) is 4.90 Å². The first kappa shape index (κ1) is 25.2. The van der Waals surface area contributed by atoms with Crippen LogP contribution in [0, 0.1) is 6.92 Å². The molecule has 0 fully saturated rings. The summed E-state index contributed by atoms with van der Waals surface area (Å²) >= 11 is 0. The van der Waals surface area contributed by atoms with Gasteiger partial charge < -0.3 is 10.2 Å². The van der Waals surface area contributed by atoms with Gasteiger partial charge in [-0.15, -0.1) is 0 Å². The maximum atomic E-state index is 13.7. The van der Waals surface area contributed by atoms with Gasteiger partial charge in [0.05, 0.1) is 0 Å². The average Bonchev–Trinajstić information content (AvgIpc) is 2.86. The summed E-state index contributed by atoms with van der Waals surface area (Å²) in [6, 6.07) is 27.5. The summed E-state index contributed by atoms with van der Waals surface area (Å²) in [6.07, 6.45) is 2.32. The van der Waals surface area contributed by atoms with E-state index in [1.165, 1.54) is 0 Å². The van der Waals surface area contributed by atoms with Gasteiger partial charge >= 0.3 is 0 Å². The molecule has 3 aromatic rings. The number of carbonyl (C=O) groups is 2. The third-order valence-corrected chi connectivity index (χ3v) is 6.34. The Balaban J connectivity index is 1.92. The quantitative estimate of drug-likeness (QED) is 0.415. The number of hydrogen-bond acceptors (Lipinski definition) is 2. The first-order chi connectivity index (χ1) is 16.5. The van der Waals surface area contributed by atoms with Crippen LogP contribution in [0.2, 0.25) is 0 Å². The summed E-state index contributed by atoms with van der Waals surface area (Å²) in [5, 5.41) is 3.13. The minimum atomic E-state index is -0.584. The fraction of sp³-hybridized carbons (Fsp3) is 0.333. The van der Waals surface area contributed by atoms with Crippen LogP contribution in [0.4, 0.5) is 0 Å². The van der Waals surface area contributed by atoms with E-state index >= 15 is 0 Å². The average molecular weight is 457 g/mol. The van der Waals surface area contributed by atoms with Gasteiger partial charge in [0.15, 0.2) is 0 Å². The van der Waals surface area contributed by atoms with Crippen molar-refractivity contribution in [3.8, 4) is 0 Å². The van der Waals surface area contributed by atoms with Crippen molar-refractivity contribution in [3.05, 3.63) is 107 Å². The molecule has 0 bridgehead atoms. The molecular weight excluding hydrogens is 420 g/mol. The normalized spacial score (nSPS) is 12.6. The first-order valence-electron chi connectivity index (χ1n) is 12.2. The molecule has 4 heteroatoms. The minimum absolute atomic E-state index is 0.00709. The van der Waals surface area contributed by atoms with Crippen molar-refractivity contribution in [1.29, 1.82) is 0 Å². The number of amides is 2. The highest BCUT2D eigenvalue weighted by Crippen LogP contribution is 2.19. The summed E-state index contributed by atoms with van der Waals surface area (Å²) in [6.45, 7) is 6.51. The highest BCUT2D eigenvalue weighted by atomic mass is 16.2. The third-order valence-electron chi connectivity index (χ3n) is 6.34. The summed E-state index contributed by atoms with van der Waals surface area (Å²) < 4.78 is 0. The van der Waals surface area contributed by atoms with Gasteiger partial charge in [0.2, 0.25) is 11.8 Å². The Hall–Kier alpha value is -3.40. The van der Waals surface area contributed by atoms with E-state index in [-0.39, 0.29) is 17.9 Å². The highest BCUT2D eigenvalue weighted by molar-refractivity contribution is 5.88. The van der Waals surface area contributed by atoms with E-state index in [0.29, 0.717) is 25.8 Å². The van der Waals surface area contributed by atoms with Gasteiger partial charge in [-0.05, 0) is 48.9 Å². The van der Waals surface area contributed by atoms with Crippen molar-refractivity contribution in [1.82, 2.24) is 10.2 Å². The standard InChI is InChI=1S/C30H36N2O2/c1-4-24(3)31-30(34)28(21-26-16-9-6-10-17-26)32(22-27-18-12-11-13-23(27)2)29(33)20-19-25-14-7-5-8-15-25/h5-18,24,28H,4,19-22H2,1-3H3,(H,31,34)/t24-,28-/m1/s1. The fourth-order valence-electron chi connectivity index (χ4n) is 4.01. The molecule has 0 heterocycles. The van der Waals surface area contributed by atoms with Gasteiger partial charge in [-0.3, -0.25) is 9.59 Å². The summed E-state index contributed by atoms with van der Waals surface area (Å²) in [7, 11) is 0. The molecule has 4 nitrogen and oxygen atoms in total. The van der Waals surface area contributed by atoms with Gasteiger partial charge in [0, 0.05) is 25.4 Å². The van der Waals surface area contributed by atoms with Crippen molar-refractivity contribution < 1.29 is 9.59 Å². The predicted molar refractivity (Wildman–Crippen MR) is 138 cm³/mol. The number of carbonyl (C=O) groups excluding carboxylic acids is 2. The molecule has 0 radical (unpaired) electrons. The van der Waals surface area contributed by atoms with E-state index < -0.39 is 6.04 Å². The van der Waals surface area contributed by atoms with Crippen LogP contribution in [0.3, 0.4) is 0 Å². The zero-order valence-electron chi connectivity index (χ0n) is 20.5. The van der Waals surface area contributed by atoms with Crippen LogP contribution < -0.4 is 5.32 Å². The van der Waals surface area contributed by atoms with Crippen molar-refractivity contribution in [3.63, 3.8) is 0 Å². The lowest BCUT2D eigenvalue weighted by atomic mass is 10.00. The monoisotopic (exact) mass is 456 g/mol. The summed E-state index contributed by atoms with van der Waals surface area (Å²) in [4.78, 5) is 29.0. The summed E-state index contributed by atoms with van der Waals surface area (Å²) in [5.74, 6) is -0.104. The molecule has 3 aromatic carbocycles. The van der Waals surface area contributed by atoms with Crippen LogP contribution in [0.15, 0.2) is 84.9 Å². The molecule has 0 unspecified atom stereocenters. The van der Waals surface area contributed by atoms with Crippen LogP contribution in [-0.2, 0) is 29.0 Å². The smallest absolute Gasteiger partial charge is 0.243 e. The highest BCUT2D eigenvalue weighted by Gasteiger charge is 2.31. The van der Waals surface area contributed by atoms with Crippen LogP contribution in [0.25, 0.3) is 0 Å². The molecule has 178 valence electrons. The van der Waals surface area contributed by atoms with Gasteiger partial charge in [-0.25, -0.2) is 0 Å².